The van der Waals surface area contributed by atoms with Gasteiger partial charge in [-0.25, -0.2) is 27.1 Å². The Morgan fingerprint density at radius 1 is 1.05 bits per heavy atom. The number of sulfonamides is 2. The van der Waals surface area contributed by atoms with Gasteiger partial charge in [-0.15, -0.1) is 0 Å². The quantitative estimate of drug-likeness (QED) is 0.675. The second-order valence-electron chi connectivity index (χ2n) is 3.43. The third kappa shape index (κ3) is 3.59. The summed E-state index contributed by atoms with van der Waals surface area (Å²) in [5, 5.41) is 9.72. The van der Waals surface area contributed by atoms with E-state index >= 15 is 0 Å². The van der Waals surface area contributed by atoms with E-state index in [2.05, 4.69) is 0 Å². The number of benzene rings is 1. The summed E-state index contributed by atoms with van der Waals surface area (Å²) in [6.45, 7) is 0. The Kier molecular flexibility index (Phi) is 4.50. The van der Waals surface area contributed by atoms with E-state index in [1.54, 1.807) is 0 Å². The first-order valence-electron chi connectivity index (χ1n) is 4.44. The van der Waals surface area contributed by atoms with Crippen LogP contribution in [0.4, 0.5) is 5.69 Å². The summed E-state index contributed by atoms with van der Waals surface area (Å²) >= 11 is 11.1. The Morgan fingerprint density at radius 2 is 1.53 bits per heavy atom. The van der Waals surface area contributed by atoms with Crippen molar-refractivity contribution in [2.45, 2.75) is 9.79 Å². The maximum absolute atomic E-state index is 11.4. The molecule has 0 saturated heterocycles. The molecule has 0 fully saturated rings. The van der Waals surface area contributed by atoms with Gasteiger partial charge in [-0.2, -0.15) is 0 Å². The zero-order valence-electron chi connectivity index (χ0n) is 9.17. The van der Waals surface area contributed by atoms with Gasteiger partial charge >= 0.3 is 0 Å². The fraction of sp³-hybridized carbons (Fsp3) is 0. The molecule has 0 unspecified atom stereocenters. The van der Waals surface area contributed by atoms with Crippen LogP contribution in [-0.4, -0.2) is 16.8 Å². The van der Waals surface area contributed by atoms with E-state index in [1.807, 2.05) is 0 Å². The first-order chi connectivity index (χ1) is 8.48. The van der Waals surface area contributed by atoms with Gasteiger partial charge in [0.1, 0.15) is 4.90 Å². The van der Waals surface area contributed by atoms with Gasteiger partial charge < -0.3 is 5.73 Å². The van der Waals surface area contributed by atoms with Crippen molar-refractivity contribution < 1.29 is 16.8 Å². The molecule has 0 bridgehead atoms. The molecule has 0 aliphatic heterocycles. The Balaban J connectivity index is 3.86. The van der Waals surface area contributed by atoms with Crippen molar-refractivity contribution in [3.8, 4) is 0 Å². The fourth-order valence-corrected chi connectivity index (χ4v) is 3.14. The van der Waals surface area contributed by atoms with Gasteiger partial charge in [0, 0.05) is 11.1 Å². The highest BCUT2D eigenvalue weighted by Crippen LogP contribution is 2.32. The number of anilines is 1. The minimum atomic E-state index is -4.25. The lowest BCUT2D eigenvalue weighted by Crippen LogP contribution is -2.19. The normalized spacial score (nSPS) is 13.6. The number of primary sulfonamides is 2. The number of hydrogen-bond acceptors (Lipinski definition) is 5. The van der Waals surface area contributed by atoms with Crippen LogP contribution in [0.3, 0.4) is 0 Å². The predicted octanol–water partition coefficient (Wildman–Crippen LogP) is 0.340. The van der Waals surface area contributed by atoms with Crippen molar-refractivity contribution in [1.29, 1.82) is 0 Å². The van der Waals surface area contributed by atoms with Crippen molar-refractivity contribution in [2.24, 2.45) is 10.3 Å². The molecule has 0 spiro atoms. The summed E-state index contributed by atoms with van der Waals surface area (Å²) in [5.41, 5.74) is 5.98. The fourth-order valence-electron chi connectivity index (χ4n) is 1.31. The number of nitrogen functional groups attached to an aromatic ring is 1. The van der Waals surface area contributed by atoms with Crippen LogP contribution in [0, 0.1) is 0 Å². The van der Waals surface area contributed by atoms with E-state index in [4.69, 9.17) is 39.2 Å². The molecular weight excluding hydrogens is 337 g/mol. The van der Waals surface area contributed by atoms with E-state index in [-0.39, 0.29) is 16.3 Å². The molecular formula is C8H9Cl2N3O4S2. The Morgan fingerprint density at radius 3 is 1.89 bits per heavy atom. The average molecular weight is 346 g/mol. The predicted molar refractivity (Wildman–Crippen MR) is 73.3 cm³/mol. The highest BCUT2D eigenvalue weighted by molar-refractivity contribution is 7.90. The summed E-state index contributed by atoms with van der Waals surface area (Å²) < 4.78 is 45.4. The maximum atomic E-state index is 11.4. The molecule has 1 aromatic rings. The average Bonchev–Trinajstić information content (AvgIpc) is 2.24. The van der Waals surface area contributed by atoms with Crippen molar-refractivity contribution >= 4 is 54.0 Å². The molecule has 0 atom stereocenters. The molecule has 0 aromatic heterocycles. The second kappa shape index (κ2) is 5.27. The molecule has 11 heteroatoms. The van der Waals surface area contributed by atoms with Gasteiger partial charge in [-0.1, -0.05) is 23.2 Å². The summed E-state index contributed by atoms with van der Waals surface area (Å²) in [5.74, 6) is 0. The minimum Gasteiger partial charge on any atom is -0.398 e. The van der Waals surface area contributed by atoms with E-state index in [9.17, 15) is 16.8 Å². The topological polar surface area (TPSA) is 146 Å². The van der Waals surface area contributed by atoms with E-state index in [0.29, 0.717) is 0 Å². The molecule has 7 nitrogen and oxygen atoms in total. The second-order valence-corrected chi connectivity index (χ2v) is 7.12. The van der Waals surface area contributed by atoms with Crippen LogP contribution in [0.25, 0.3) is 5.03 Å². The number of nitrogens with two attached hydrogens (primary N) is 3. The highest BCUT2D eigenvalue weighted by atomic mass is 35.5. The number of halogens is 2. The first kappa shape index (κ1) is 16.2. The molecule has 19 heavy (non-hydrogen) atoms. The monoisotopic (exact) mass is 345 g/mol. The third-order valence-corrected chi connectivity index (χ3v) is 4.64. The lowest BCUT2D eigenvalue weighted by atomic mass is 10.2. The van der Waals surface area contributed by atoms with E-state index < -0.39 is 29.8 Å². The highest BCUT2D eigenvalue weighted by Gasteiger charge is 2.22. The summed E-state index contributed by atoms with van der Waals surface area (Å²) in [6, 6.07) is 1.75. The van der Waals surface area contributed by atoms with Gasteiger partial charge in [0.15, 0.2) is 0 Å². The van der Waals surface area contributed by atoms with Crippen LogP contribution in [-0.2, 0) is 20.0 Å². The van der Waals surface area contributed by atoms with Crippen LogP contribution in [0.5, 0.6) is 0 Å². The van der Waals surface area contributed by atoms with Gasteiger partial charge in [-0.05, 0) is 12.1 Å². The Labute approximate surface area is 120 Å². The Hall–Kier alpha value is -0.840. The lowest BCUT2D eigenvalue weighted by molar-refractivity contribution is 0.596. The standard InChI is InChI=1S/C8H9Cl2N3O4S2/c9-3-5(10)4-1-6(11)8(19(13,16)17)2-7(4)18(12,14)15/h1-3H,11H2,(H2,12,14,15)(H2,13,16,17). The van der Waals surface area contributed by atoms with Crippen molar-refractivity contribution in [3.63, 3.8) is 0 Å². The van der Waals surface area contributed by atoms with Crippen molar-refractivity contribution in [1.82, 2.24) is 0 Å². The summed E-state index contributed by atoms with van der Waals surface area (Å²) in [7, 11) is -8.45. The molecule has 0 aliphatic carbocycles. The van der Waals surface area contributed by atoms with Crippen molar-refractivity contribution in [3.05, 3.63) is 23.2 Å². The molecule has 0 saturated carbocycles. The lowest BCUT2D eigenvalue weighted by Gasteiger charge is -2.11. The zero-order valence-corrected chi connectivity index (χ0v) is 12.3. The van der Waals surface area contributed by atoms with Gasteiger partial charge in [0.25, 0.3) is 0 Å². The maximum Gasteiger partial charge on any atom is 0.240 e. The molecule has 6 N–H and O–H groups in total. The van der Waals surface area contributed by atoms with Crippen LogP contribution in [0.1, 0.15) is 5.56 Å². The first-order valence-corrected chi connectivity index (χ1v) is 8.34. The van der Waals surface area contributed by atoms with Gasteiger partial charge in [-0.3, -0.25) is 0 Å². The van der Waals surface area contributed by atoms with E-state index in [0.717, 1.165) is 17.7 Å². The van der Waals surface area contributed by atoms with Gasteiger partial charge in [0.2, 0.25) is 20.0 Å². The minimum absolute atomic E-state index is 0.121. The van der Waals surface area contributed by atoms with Crippen LogP contribution >= 0.6 is 23.2 Å². The van der Waals surface area contributed by atoms with Gasteiger partial charge in [0.05, 0.1) is 15.6 Å². The van der Waals surface area contributed by atoms with Crippen LogP contribution < -0.4 is 16.0 Å². The SMILES string of the molecule is Nc1cc(C(Cl)=CCl)c(S(N)(=O)=O)cc1S(N)(=O)=O. The van der Waals surface area contributed by atoms with Crippen LogP contribution in [0.15, 0.2) is 27.5 Å². The molecule has 1 aromatic carbocycles. The summed E-state index contributed by atoms with van der Waals surface area (Å²) in [4.78, 5) is -1.12. The third-order valence-electron chi connectivity index (χ3n) is 2.08. The molecule has 1 rings (SSSR count). The van der Waals surface area contributed by atoms with Crippen molar-refractivity contribution in [2.75, 3.05) is 5.73 Å². The summed E-state index contributed by atoms with van der Waals surface area (Å²) in [6.07, 6.45) is 0. The molecule has 106 valence electrons. The number of rotatable bonds is 3. The molecule has 0 aliphatic rings. The number of hydrogen-bond donors (Lipinski definition) is 3. The van der Waals surface area contributed by atoms with Crippen LogP contribution in [0.2, 0.25) is 0 Å². The molecule has 0 amide bonds. The smallest absolute Gasteiger partial charge is 0.240 e. The van der Waals surface area contributed by atoms with E-state index in [1.165, 1.54) is 0 Å². The Bertz CT molecular complexity index is 756. The zero-order chi connectivity index (χ0) is 15.0. The largest absolute Gasteiger partial charge is 0.398 e. The molecule has 0 heterocycles. The molecule has 0 radical (unpaired) electrons.